The predicted octanol–water partition coefficient (Wildman–Crippen LogP) is 1.80. The molecule has 0 saturated heterocycles. The van der Waals surface area contributed by atoms with Gasteiger partial charge in [-0.15, -0.1) is 0 Å². The average Bonchev–Trinajstić information content (AvgIpc) is 2.29. The van der Waals surface area contributed by atoms with E-state index in [1.807, 2.05) is 0 Å². The fourth-order valence-electron chi connectivity index (χ4n) is 1.16. The minimum Gasteiger partial charge on any atom is -0.326 e. The van der Waals surface area contributed by atoms with Gasteiger partial charge in [0.2, 0.25) is 15.9 Å². The molecule has 6 heteroatoms. The first-order valence-electron chi connectivity index (χ1n) is 5.37. The van der Waals surface area contributed by atoms with Gasteiger partial charge in [0.05, 0.1) is 11.4 Å². The Kier molecular flexibility index (Phi) is 4.51. The van der Waals surface area contributed by atoms with E-state index in [1.165, 1.54) is 0 Å². The summed E-state index contributed by atoms with van der Waals surface area (Å²) in [6.07, 6.45) is 0.380. The Labute approximate surface area is 101 Å². The van der Waals surface area contributed by atoms with Gasteiger partial charge in [-0.25, -0.2) is 8.42 Å². The third-order valence-corrected chi connectivity index (χ3v) is 3.43. The van der Waals surface area contributed by atoms with E-state index in [9.17, 15) is 13.2 Å². The van der Waals surface area contributed by atoms with Crippen molar-refractivity contribution in [2.75, 3.05) is 15.8 Å². The van der Waals surface area contributed by atoms with Gasteiger partial charge >= 0.3 is 0 Å². The highest BCUT2D eigenvalue weighted by molar-refractivity contribution is 7.92. The second-order valence-electron chi connectivity index (χ2n) is 3.49. The van der Waals surface area contributed by atoms with Crippen LogP contribution in [0.25, 0.3) is 0 Å². The molecule has 1 rings (SSSR count). The molecule has 2 N–H and O–H groups in total. The van der Waals surface area contributed by atoms with Crippen LogP contribution in [0.3, 0.4) is 0 Å². The monoisotopic (exact) mass is 256 g/mol. The van der Waals surface area contributed by atoms with Gasteiger partial charge in [-0.3, -0.25) is 9.52 Å². The van der Waals surface area contributed by atoms with Crippen molar-refractivity contribution < 1.29 is 13.2 Å². The molecule has 1 aromatic rings. The summed E-state index contributed by atoms with van der Waals surface area (Å²) in [6.45, 7) is 3.31. The van der Waals surface area contributed by atoms with Crippen molar-refractivity contribution in [2.24, 2.45) is 0 Å². The zero-order chi connectivity index (χ0) is 12.9. The molecule has 17 heavy (non-hydrogen) atoms. The maximum Gasteiger partial charge on any atom is 0.232 e. The van der Waals surface area contributed by atoms with Gasteiger partial charge < -0.3 is 5.32 Å². The number of carbonyl (C=O) groups is 1. The second kappa shape index (κ2) is 5.67. The van der Waals surface area contributed by atoms with Gasteiger partial charge in [0, 0.05) is 12.1 Å². The summed E-state index contributed by atoms with van der Waals surface area (Å²) in [4.78, 5) is 11.2. The smallest absolute Gasteiger partial charge is 0.232 e. The van der Waals surface area contributed by atoms with Crippen molar-refractivity contribution in [2.45, 2.75) is 20.3 Å². The number of carbonyl (C=O) groups excluding carboxylic acids is 1. The molecule has 0 spiro atoms. The largest absolute Gasteiger partial charge is 0.326 e. The molecule has 0 saturated carbocycles. The fourth-order valence-corrected chi connectivity index (χ4v) is 1.79. The molecule has 94 valence electrons. The Hall–Kier alpha value is -1.56. The maximum absolute atomic E-state index is 11.4. The molecule has 5 nitrogen and oxygen atoms in total. The topological polar surface area (TPSA) is 75.3 Å². The van der Waals surface area contributed by atoms with Crippen LogP contribution in [0.2, 0.25) is 0 Å². The van der Waals surface area contributed by atoms with Crippen LogP contribution in [-0.2, 0) is 14.8 Å². The highest BCUT2D eigenvalue weighted by Gasteiger charge is 2.07. The number of rotatable bonds is 5. The summed E-state index contributed by atoms with van der Waals surface area (Å²) < 4.78 is 25.1. The summed E-state index contributed by atoms with van der Waals surface area (Å²) in [5.74, 6) is -0.0982. The summed E-state index contributed by atoms with van der Waals surface area (Å²) in [5.41, 5.74) is 1.02. The summed E-state index contributed by atoms with van der Waals surface area (Å²) in [6, 6.07) is 6.60. The Morgan fingerprint density at radius 3 is 2.47 bits per heavy atom. The molecule has 0 aliphatic rings. The Balaban J connectivity index is 2.83. The molecule has 1 aromatic carbocycles. The lowest BCUT2D eigenvalue weighted by atomic mass is 10.3. The quantitative estimate of drug-likeness (QED) is 0.843. The van der Waals surface area contributed by atoms with E-state index in [0.717, 1.165) is 0 Å². The molecule has 0 fully saturated rings. The van der Waals surface area contributed by atoms with Crippen LogP contribution in [-0.4, -0.2) is 20.1 Å². The number of benzene rings is 1. The first-order valence-corrected chi connectivity index (χ1v) is 7.02. The normalized spacial score (nSPS) is 10.9. The lowest BCUT2D eigenvalue weighted by Gasteiger charge is -2.08. The third-order valence-electron chi connectivity index (χ3n) is 2.12. The lowest BCUT2D eigenvalue weighted by molar-refractivity contribution is -0.115. The standard InChI is InChI=1S/C11H16N2O3S/c1-3-11(14)12-9-6-5-7-10(8-9)13-17(15,16)4-2/h5-8,13H,3-4H2,1-2H3,(H,12,14). The Morgan fingerprint density at radius 2 is 1.88 bits per heavy atom. The van der Waals surface area contributed by atoms with E-state index in [0.29, 0.717) is 17.8 Å². The first-order chi connectivity index (χ1) is 7.96. The van der Waals surface area contributed by atoms with Crippen LogP contribution in [0, 0.1) is 0 Å². The summed E-state index contributed by atoms with van der Waals surface area (Å²) in [7, 11) is -3.29. The zero-order valence-corrected chi connectivity index (χ0v) is 10.7. The molecule has 0 aromatic heterocycles. The molecule has 0 unspecified atom stereocenters. The molecule has 0 bridgehead atoms. The molecule has 0 aliphatic heterocycles. The van der Waals surface area contributed by atoms with Crippen molar-refractivity contribution in [1.82, 2.24) is 0 Å². The molecular formula is C11H16N2O3S. The average molecular weight is 256 g/mol. The van der Waals surface area contributed by atoms with Crippen LogP contribution in [0.5, 0.6) is 0 Å². The minimum atomic E-state index is -3.29. The van der Waals surface area contributed by atoms with Gasteiger partial charge in [0.25, 0.3) is 0 Å². The van der Waals surface area contributed by atoms with E-state index in [1.54, 1.807) is 38.1 Å². The van der Waals surface area contributed by atoms with Gasteiger partial charge in [-0.05, 0) is 25.1 Å². The number of hydrogen-bond acceptors (Lipinski definition) is 3. The predicted molar refractivity (Wildman–Crippen MR) is 68.4 cm³/mol. The number of sulfonamides is 1. The Bertz CT molecular complexity index is 497. The number of amides is 1. The van der Waals surface area contributed by atoms with Crippen LogP contribution >= 0.6 is 0 Å². The lowest BCUT2D eigenvalue weighted by Crippen LogP contribution is -2.15. The molecule has 0 atom stereocenters. The van der Waals surface area contributed by atoms with Crippen LogP contribution in [0.15, 0.2) is 24.3 Å². The van der Waals surface area contributed by atoms with Crippen LogP contribution < -0.4 is 10.0 Å². The first kappa shape index (κ1) is 13.5. The molecule has 0 aliphatic carbocycles. The molecular weight excluding hydrogens is 240 g/mol. The SMILES string of the molecule is CCC(=O)Nc1cccc(NS(=O)(=O)CC)c1. The van der Waals surface area contributed by atoms with E-state index >= 15 is 0 Å². The summed E-state index contributed by atoms with van der Waals surface area (Å²) >= 11 is 0. The number of anilines is 2. The van der Waals surface area contributed by atoms with E-state index in [-0.39, 0.29) is 11.7 Å². The van der Waals surface area contributed by atoms with Crippen molar-refractivity contribution in [3.8, 4) is 0 Å². The van der Waals surface area contributed by atoms with Crippen molar-refractivity contribution in [3.63, 3.8) is 0 Å². The zero-order valence-electron chi connectivity index (χ0n) is 9.86. The molecule has 0 heterocycles. The van der Waals surface area contributed by atoms with Crippen molar-refractivity contribution in [1.29, 1.82) is 0 Å². The summed E-state index contributed by atoms with van der Waals surface area (Å²) in [5, 5.41) is 2.66. The van der Waals surface area contributed by atoms with Gasteiger partial charge in [-0.2, -0.15) is 0 Å². The van der Waals surface area contributed by atoms with Crippen molar-refractivity contribution in [3.05, 3.63) is 24.3 Å². The minimum absolute atomic E-state index is 0.0124. The van der Waals surface area contributed by atoms with E-state index in [2.05, 4.69) is 10.0 Å². The van der Waals surface area contributed by atoms with Crippen molar-refractivity contribution >= 4 is 27.3 Å². The Morgan fingerprint density at radius 1 is 1.24 bits per heavy atom. The number of hydrogen-bond donors (Lipinski definition) is 2. The second-order valence-corrected chi connectivity index (χ2v) is 5.50. The van der Waals surface area contributed by atoms with Gasteiger partial charge in [-0.1, -0.05) is 13.0 Å². The van der Waals surface area contributed by atoms with E-state index in [4.69, 9.17) is 0 Å². The highest BCUT2D eigenvalue weighted by atomic mass is 32.2. The van der Waals surface area contributed by atoms with Crippen LogP contribution in [0.4, 0.5) is 11.4 Å². The number of nitrogens with one attached hydrogen (secondary N) is 2. The van der Waals surface area contributed by atoms with Gasteiger partial charge in [0.15, 0.2) is 0 Å². The van der Waals surface area contributed by atoms with E-state index < -0.39 is 10.0 Å². The maximum atomic E-state index is 11.4. The molecule has 0 radical (unpaired) electrons. The third kappa shape index (κ3) is 4.44. The highest BCUT2D eigenvalue weighted by Crippen LogP contribution is 2.16. The fraction of sp³-hybridized carbons (Fsp3) is 0.364. The molecule has 1 amide bonds. The van der Waals surface area contributed by atoms with Gasteiger partial charge in [0.1, 0.15) is 0 Å². The van der Waals surface area contributed by atoms with Crippen LogP contribution in [0.1, 0.15) is 20.3 Å².